The highest BCUT2D eigenvalue weighted by Gasteiger charge is 2.54. The second-order valence-corrected chi connectivity index (χ2v) is 12.2. The first-order chi connectivity index (χ1) is 13.7. The molecule has 0 aliphatic heterocycles. The highest BCUT2D eigenvalue weighted by Crippen LogP contribution is 2.65. The van der Waals surface area contributed by atoms with E-state index in [0.717, 1.165) is 48.9 Å². The second-order valence-electron chi connectivity index (χ2n) is 12.2. The summed E-state index contributed by atoms with van der Waals surface area (Å²) in [6.07, 6.45) is 15.1. The Bertz CT molecular complexity index is 684. The van der Waals surface area contributed by atoms with Crippen molar-refractivity contribution in [1.82, 2.24) is 0 Å². The van der Waals surface area contributed by atoms with Gasteiger partial charge in [0.15, 0.2) is 0 Å². The topological polar surface area (TPSA) is 20.2 Å². The van der Waals surface area contributed by atoms with Crippen molar-refractivity contribution < 1.29 is 5.11 Å². The van der Waals surface area contributed by atoms with Crippen LogP contribution in [0.2, 0.25) is 0 Å². The van der Waals surface area contributed by atoms with Gasteiger partial charge in [-0.05, 0) is 86.4 Å². The molecule has 164 valence electrons. The van der Waals surface area contributed by atoms with Crippen molar-refractivity contribution in [2.75, 3.05) is 0 Å². The van der Waals surface area contributed by atoms with Crippen molar-refractivity contribution >= 4 is 0 Å². The molecule has 0 aromatic heterocycles. The highest BCUT2D eigenvalue weighted by molar-refractivity contribution is 5.43. The van der Waals surface area contributed by atoms with Crippen LogP contribution in [-0.2, 0) is 0 Å². The van der Waals surface area contributed by atoms with Crippen molar-refractivity contribution in [2.45, 2.75) is 112 Å². The minimum absolute atomic E-state index is 0.102. The number of aliphatic hydroxyl groups excluding tert-OH is 1. The molecule has 0 spiro atoms. The van der Waals surface area contributed by atoms with Crippen molar-refractivity contribution in [3.05, 3.63) is 22.8 Å². The molecule has 2 fully saturated rings. The standard InChI is InChI=1S/C28H46O/c1-18(2)19(3)7-8-20(4)24-11-12-25-23-10-9-21-17-22(29)13-15-27(21,5)26(23)14-16-28(24,25)6/h9,18-20,22,24-25,29H,7-8,10-17H2,1-6H3/t19-,20-,22+,24-,25+,27+,28-/m1/s1. The van der Waals surface area contributed by atoms with Crippen LogP contribution in [0.1, 0.15) is 106 Å². The fourth-order valence-corrected chi connectivity index (χ4v) is 7.94. The van der Waals surface area contributed by atoms with Gasteiger partial charge in [-0.1, -0.05) is 77.2 Å². The van der Waals surface area contributed by atoms with Crippen molar-refractivity contribution in [3.63, 3.8) is 0 Å². The number of aliphatic hydroxyl groups is 1. The predicted octanol–water partition coefficient (Wildman–Crippen LogP) is 7.70. The molecular formula is C28H46O. The molecular weight excluding hydrogens is 352 g/mol. The van der Waals surface area contributed by atoms with E-state index >= 15 is 0 Å². The second kappa shape index (κ2) is 7.85. The van der Waals surface area contributed by atoms with Gasteiger partial charge in [0.25, 0.3) is 0 Å². The molecule has 4 aliphatic carbocycles. The van der Waals surface area contributed by atoms with Gasteiger partial charge in [-0.2, -0.15) is 0 Å². The molecule has 0 unspecified atom stereocenters. The fourth-order valence-electron chi connectivity index (χ4n) is 7.94. The summed E-state index contributed by atoms with van der Waals surface area (Å²) >= 11 is 0. The molecule has 0 aromatic carbocycles. The van der Waals surface area contributed by atoms with E-state index in [1.54, 1.807) is 5.57 Å². The first kappa shape index (κ1) is 21.7. The van der Waals surface area contributed by atoms with Gasteiger partial charge in [-0.25, -0.2) is 0 Å². The van der Waals surface area contributed by atoms with Crippen LogP contribution < -0.4 is 0 Å². The quantitative estimate of drug-likeness (QED) is 0.470. The van der Waals surface area contributed by atoms with Crippen LogP contribution >= 0.6 is 0 Å². The van der Waals surface area contributed by atoms with Crippen molar-refractivity contribution in [2.24, 2.45) is 40.4 Å². The van der Waals surface area contributed by atoms with E-state index in [1.165, 1.54) is 44.9 Å². The highest BCUT2D eigenvalue weighted by atomic mass is 16.3. The van der Waals surface area contributed by atoms with Crippen LogP contribution in [0.25, 0.3) is 0 Å². The Kier molecular flexibility index (Phi) is 5.86. The van der Waals surface area contributed by atoms with E-state index < -0.39 is 0 Å². The Morgan fingerprint density at radius 1 is 1.03 bits per heavy atom. The van der Waals surface area contributed by atoms with Crippen LogP contribution in [0.4, 0.5) is 0 Å². The lowest BCUT2D eigenvalue weighted by molar-refractivity contribution is 0.0849. The Balaban J connectivity index is 1.52. The summed E-state index contributed by atoms with van der Waals surface area (Å²) in [6, 6.07) is 0. The maximum Gasteiger partial charge on any atom is 0.0578 e. The minimum Gasteiger partial charge on any atom is -0.393 e. The van der Waals surface area contributed by atoms with Gasteiger partial charge in [0.2, 0.25) is 0 Å². The molecule has 0 bridgehead atoms. The number of allylic oxidation sites excluding steroid dienone is 3. The van der Waals surface area contributed by atoms with Crippen LogP contribution in [0.5, 0.6) is 0 Å². The predicted molar refractivity (Wildman–Crippen MR) is 124 cm³/mol. The minimum atomic E-state index is -0.102. The average Bonchev–Trinajstić information content (AvgIpc) is 3.03. The molecule has 1 N–H and O–H groups in total. The van der Waals surface area contributed by atoms with Crippen molar-refractivity contribution in [3.8, 4) is 0 Å². The van der Waals surface area contributed by atoms with E-state index in [1.807, 2.05) is 11.1 Å². The number of fused-ring (bicyclic) bond motifs is 4. The molecule has 4 rings (SSSR count). The molecule has 2 saturated carbocycles. The summed E-state index contributed by atoms with van der Waals surface area (Å²) in [5.74, 6) is 4.26. The van der Waals surface area contributed by atoms with Gasteiger partial charge in [0, 0.05) is 5.41 Å². The molecule has 4 aliphatic rings. The SMILES string of the molecule is CC(C)[C@H](C)CC[C@@H](C)[C@H]1CC[C@H]2C3=C(CC[C@]12C)[C@@]1(C)CC[C@H](O)CC1=CC3. The van der Waals surface area contributed by atoms with Crippen LogP contribution in [-0.4, -0.2) is 11.2 Å². The zero-order valence-corrected chi connectivity index (χ0v) is 20.1. The molecule has 29 heavy (non-hydrogen) atoms. The molecule has 1 nitrogen and oxygen atoms in total. The third kappa shape index (κ3) is 3.58. The summed E-state index contributed by atoms with van der Waals surface area (Å²) in [5.41, 5.74) is 6.00. The van der Waals surface area contributed by atoms with E-state index in [0.29, 0.717) is 5.41 Å². The Morgan fingerprint density at radius 2 is 1.79 bits per heavy atom. The number of hydrogen-bond donors (Lipinski definition) is 1. The lowest BCUT2D eigenvalue weighted by Crippen LogP contribution is -2.42. The maximum absolute atomic E-state index is 10.2. The molecule has 0 radical (unpaired) electrons. The van der Waals surface area contributed by atoms with Gasteiger partial charge < -0.3 is 5.11 Å². The number of rotatable bonds is 5. The summed E-state index contributed by atoms with van der Waals surface area (Å²) in [5, 5.41) is 10.2. The average molecular weight is 399 g/mol. The summed E-state index contributed by atoms with van der Waals surface area (Å²) in [4.78, 5) is 0. The van der Waals surface area contributed by atoms with Gasteiger partial charge in [0.05, 0.1) is 6.10 Å². The summed E-state index contributed by atoms with van der Waals surface area (Å²) in [6.45, 7) is 14.9. The van der Waals surface area contributed by atoms with Gasteiger partial charge in [-0.15, -0.1) is 0 Å². The maximum atomic E-state index is 10.2. The monoisotopic (exact) mass is 398 g/mol. The zero-order valence-electron chi connectivity index (χ0n) is 20.1. The third-order valence-corrected chi connectivity index (χ3v) is 10.4. The summed E-state index contributed by atoms with van der Waals surface area (Å²) in [7, 11) is 0. The smallest absolute Gasteiger partial charge is 0.0578 e. The van der Waals surface area contributed by atoms with E-state index in [2.05, 4.69) is 47.6 Å². The van der Waals surface area contributed by atoms with Crippen molar-refractivity contribution in [1.29, 1.82) is 0 Å². The van der Waals surface area contributed by atoms with Gasteiger partial charge in [0.1, 0.15) is 0 Å². The fraction of sp³-hybridized carbons (Fsp3) is 0.857. The van der Waals surface area contributed by atoms with E-state index in [4.69, 9.17) is 0 Å². The van der Waals surface area contributed by atoms with E-state index in [9.17, 15) is 5.11 Å². The first-order valence-corrected chi connectivity index (χ1v) is 12.8. The molecule has 1 heteroatoms. The first-order valence-electron chi connectivity index (χ1n) is 12.8. The molecule has 0 heterocycles. The zero-order chi connectivity index (χ0) is 21.0. The van der Waals surface area contributed by atoms with Crippen LogP contribution in [0.15, 0.2) is 22.8 Å². The molecule has 0 saturated heterocycles. The van der Waals surface area contributed by atoms with E-state index in [-0.39, 0.29) is 11.5 Å². The molecule has 7 atom stereocenters. The lowest BCUT2D eigenvalue weighted by atomic mass is 9.53. The van der Waals surface area contributed by atoms with Crippen LogP contribution in [0.3, 0.4) is 0 Å². The molecule has 0 amide bonds. The Morgan fingerprint density at radius 3 is 2.52 bits per heavy atom. The lowest BCUT2D eigenvalue weighted by Gasteiger charge is -2.52. The number of hydrogen-bond acceptors (Lipinski definition) is 1. The van der Waals surface area contributed by atoms with Gasteiger partial charge in [-0.3, -0.25) is 0 Å². The normalized spacial score (nSPS) is 41.5. The van der Waals surface area contributed by atoms with Gasteiger partial charge >= 0.3 is 0 Å². The molecule has 0 aromatic rings. The largest absolute Gasteiger partial charge is 0.393 e. The third-order valence-electron chi connectivity index (χ3n) is 10.4. The Hall–Kier alpha value is -0.560. The summed E-state index contributed by atoms with van der Waals surface area (Å²) < 4.78 is 0. The Labute approximate surface area is 180 Å². The van der Waals surface area contributed by atoms with Crippen LogP contribution in [0, 0.1) is 40.4 Å².